The van der Waals surface area contributed by atoms with Crippen LogP contribution < -0.4 is 9.47 Å². The van der Waals surface area contributed by atoms with Crippen LogP contribution in [0.1, 0.15) is 19.8 Å². The van der Waals surface area contributed by atoms with E-state index < -0.39 is 22.2 Å². The first kappa shape index (κ1) is 19.9. The Balaban J connectivity index is 1.62. The van der Waals surface area contributed by atoms with Crippen LogP contribution >= 0.6 is 0 Å². The molecule has 1 aromatic rings. The molecule has 150 valence electrons. The van der Waals surface area contributed by atoms with E-state index >= 15 is 0 Å². The van der Waals surface area contributed by atoms with Crippen molar-refractivity contribution in [1.29, 1.82) is 0 Å². The highest BCUT2D eigenvalue weighted by Crippen LogP contribution is 2.31. The minimum atomic E-state index is -3.70. The Morgan fingerprint density at radius 2 is 2.07 bits per heavy atom. The highest BCUT2D eigenvalue weighted by atomic mass is 32.2. The van der Waals surface area contributed by atoms with Gasteiger partial charge in [-0.3, -0.25) is 4.79 Å². The van der Waals surface area contributed by atoms with Crippen molar-refractivity contribution in [2.24, 2.45) is 5.92 Å². The van der Waals surface area contributed by atoms with Crippen LogP contribution in [0.3, 0.4) is 0 Å². The van der Waals surface area contributed by atoms with Crippen LogP contribution in [0, 0.1) is 5.92 Å². The van der Waals surface area contributed by atoms with Gasteiger partial charge in [-0.05, 0) is 31.9 Å². The van der Waals surface area contributed by atoms with Gasteiger partial charge in [0.15, 0.2) is 11.5 Å². The lowest BCUT2D eigenvalue weighted by Gasteiger charge is -2.35. The molecule has 0 N–H and O–H groups in total. The number of fused-ring (bicyclic) bond motifs is 1. The van der Waals surface area contributed by atoms with Gasteiger partial charge in [0, 0.05) is 20.1 Å². The number of ether oxygens (including phenoxy) is 3. The third-order valence-electron chi connectivity index (χ3n) is 4.75. The van der Waals surface area contributed by atoms with E-state index in [-0.39, 0.29) is 25.7 Å². The fourth-order valence-electron chi connectivity index (χ4n) is 3.34. The summed E-state index contributed by atoms with van der Waals surface area (Å²) in [6.07, 6.45) is 0.878. The molecule has 1 saturated heterocycles. The summed E-state index contributed by atoms with van der Waals surface area (Å²) in [5.41, 5.74) is 0. The van der Waals surface area contributed by atoms with Crippen molar-refractivity contribution in [2.75, 3.05) is 39.9 Å². The molecule has 0 spiro atoms. The van der Waals surface area contributed by atoms with Crippen molar-refractivity contribution in [3.05, 3.63) is 24.3 Å². The smallest absolute Gasteiger partial charge is 0.310 e. The Morgan fingerprint density at radius 3 is 2.81 bits per heavy atom. The van der Waals surface area contributed by atoms with Gasteiger partial charge >= 0.3 is 5.97 Å². The summed E-state index contributed by atoms with van der Waals surface area (Å²) in [7, 11) is -2.18. The van der Waals surface area contributed by atoms with Crippen LogP contribution in [0.25, 0.3) is 0 Å². The summed E-state index contributed by atoms with van der Waals surface area (Å²) in [5.74, 6) is 0.524. The van der Waals surface area contributed by atoms with Crippen molar-refractivity contribution in [3.8, 4) is 11.5 Å². The van der Waals surface area contributed by atoms with E-state index in [9.17, 15) is 13.2 Å². The summed E-state index contributed by atoms with van der Waals surface area (Å²) in [6.45, 7) is 3.03. The van der Waals surface area contributed by atoms with Crippen molar-refractivity contribution in [3.63, 3.8) is 0 Å². The number of carbonyl (C=O) groups is 1. The first-order chi connectivity index (χ1) is 12.9. The molecule has 0 radical (unpaired) electrons. The second kappa shape index (κ2) is 8.45. The van der Waals surface area contributed by atoms with E-state index in [4.69, 9.17) is 14.2 Å². The lowest BCUT2D eigenvalue weighted by atomic mass is 10.0. The minimum absolute atomic E-state index is 0.149. The molecule has 0 amide bonds. The van der Waals surface area contributed by atoms with Gasteiger partial charge in [-0.2, -0.15) is 17.0 Å². The molecule has 0 aromatic heterocycles. The number of rotatable bonds is 6. The molecule has 0 aliphatic carbocycles. The molecule has 1 aromatic carbocycles. The fourth-order valence-corrected chi connectivity index (χ4v) is 4.81. The standard InChI is InChI=1S/C18H26N2O6S/c1-3-24-18(21)14-7-6-10-20(11-14)27(22,23)19(2)12-15-13-25-16-8-4-5-9-17(16)26-15/h4-5,8-9,14-15H,3,6-7,10-13H2,1-2H3/t14-,15-/m0/s1. The molecule has 2 aliphatic rings. The van der Waals surface area contributed by atoms with Gasteiger partial charge in [-0.1, -0.05) is 12.1 Å². The van der Waals surface area contributed by atoms with Crippen LogP contribution in [-0.2, 0) is 19.7 Å². The Bertz CT molecular complexity index is 769. The third kappa shape index (κ3) is 4.53. The predicted molar refractivity (Wildman–Crippen MR) is 98.8 cm³/mol. The van der Waals surface area contributed by atoms with E-state index in [2.05, 4.69) is 0 Å². The van der Waals surface area contributed by atoms with Crippen molar-refractivity contribution in [2.45, 2.75) is 25.9 Å². The van der Waals surface area contributed by atoms with Gasteiger partial charge in [0.05, 0.1) is 19.1 Å². The molecule has 8 nitrogen and oxygen atoms in total. The highest BCUT2D eigenvalue weighted by Gasteiger charge is 2.36. The summed E-state index contributed by atoms with van der Waals surface area (Å²) < 4.78 is 45.0. The number of hydrogen-bond donors (Lipinski definition) is 0. The summed E-state index contributed by atoms with van der Waals surface area (Å²) in [6, 6.07) is 7.31. The highest BCUT2D eigenvalue weighted by molar-refractivity contribution is 7.86. The number of para-hydroxylation sites is 2. The van der Waals surface area contributed by atoms with E-state index in [1.165, 1.54) is 15.7 Å². The van der Waals surface area contributed by atoms with E-state index in [1.807, 2.05) is 18.2 Å². The maximum Gasteiger partial charge on any atom is 0.310 e. The van der Waals surface area contributed by atoms with Crippen LogP contribution in [0.2, 0.25) is 0 Å². The Kier molecular flexibility index (Phi) is 6.23. The maximum atomic E-state index is 12.9. The van der Waals surface area contributed by atoms with E-state index in [0.717, 1.165) is 0 Å². The lowest BCUT2D eigenvalue weighted by molar-refractivity contribution is -0.149. The number of esters is 1. The van der Waals surface area contributed by atoms with Gasteiger partial charge in [0.1, 0.15) is 12.7 Å². The average molecular weight is 398 g/mol. The lowest BCUT2D eigenvalue weighted by Crippen LogP contribution is -2.51. The number of hydrogen-bond acceptors (Lipinski definition) is 6. The van der Waals surface area contributed by atoms with Gasteiger partial charge in [-0.15, -0.1) is 0 Å². The Labute approximate surface area is 160 Å². The average Bonchev–Trinajstić information content (AvgIpc) is 2.68. The van der Waals surface area contributed by atoms with Crippen molar-refractivity contribution >= 4 is 16.2 Å². The molecule has 9 heteroatoms. The monoisotopic (exact) mass is 398 g/mol. The molecule has 2 aliphatic heterocycles. The second-order valence-electron chi connectivity index (χ2n) is 6.74. The van der Waals surface area contributed by atoms with Crippen LogP contribution in [-0.4, -0.2) is 69.0 Å². The minimum Gasteiger partial charge on any atom is -0.486 e. The molecular formula is C18H26N2O6S. The number of likely N-dealkylation sites (N-methyl/N-ethyl adjacent to an activating group) is 1. The van der Waals surface area contributed by atoms with Crippen molar-refractivity contribution in [1.82, 2.24) is 8.61 Å². The van der Waals surface area contributed by atoms with E-state index in [0.29, 0.717) is 37.5 Å². The van der Waals surface area contributed by atoms with Crippen LogP contribution in [0.5, 0.6) is 11.5 Å². The van der Waals surface area contributed by atoms with Crippen LogP contribution in [0.4, 0.5) is 0 Å². The molecule has 27 heavy (non-hydrogen) atoms. The third-order valence-corrected chi connectivity index (χ3v) is 6.67. The quantitative estimate of drug-likeness (QED) is 0.671. The molecule has 1 fully saturated rings. The summed E-state index contributed by atoms with van der Waals surface area (Å²) in [4.78, 5) is 12.0. The number of piperidine rings is 1. The SMILES string of the molecule is CCOC(=O)[C@H]1CCCN(S(=O)(=O)N(C)C[C@H]2COc3ccccc3O2)C1. The van der Waals surface area contributed by atoms with Gasteiger partial charge in [0.2, 0.25) is 0 Å². The largest absolute Gasteiger partial charge is 0.486 e. The van der Waals surface area contributed by atoms with Gasteiger partial charge in [-0.25, -0.2) is 0 Å². The zero-order valence-corrected chi connectivity index (χ0v) is 16.5. The zero-order chi connectivity index (χ0) is 19.4. The van der Waals surface area contributed by atoms with Gasteiger partial charge < -0.3 is 14.2 Å². The first-order valence-corrected chi connectivity index (χ1v) is 10.6. The predicted octanol–water partition coefficient (Wildman–Crippen LogP) is 1.28. The fraction of sp³-hybridized carbons (Fsp3) is 0.611. The summed E-state index contributed by atoms with van der Waals surface area (Å²) in [5, 5.41) is 0. The maximum absolute atomic E-state index is 12.9. The molecule has 2 heterocycles. The van der Waals surface area contributed by atoms with Crippen molar-refractivity contribution < 1.29 is 27.4 Å². The first-order valence-electron chi connectivity index (χ1n) is 9.18. The molecule has 0 saturated carbocycles. The van der Waals surface area contributed by atoms with Crippen LogP contribution in [0.15, 0.2) is 24.3 Å². The molecular weight excluding hydrogens is 372 g/mol. The Hall–Kier alpha value is -1.84. The summed E-state index contributed by atoms with van der Waals surface area (Å²) >= 11 is 0. The molecule has 2 atom stereocenters. The normalized spacial score (nSPS) is 23.2. The number of benzene rings is 1. The molecule has 0 bridgehead atoms. The molecule has 0 unspecified atom stereocenters. The van der Waals surface area contributed by atoms with Gasteiger partial charge in [0.25, 0.3) is 10.2 Å². The number of nitrogens with zero attached hydrogens (tertiary/aromatic N) is 2. The number of carbonyl (C=O) groups excluding carboxylic acids is 1. The van der Waals surface area contributed by atoms with E-state index in [1.54, 1.807) is 13.0 Å². The second-order valence-corrected chi connectivity index (χ2v) is 8.77. The topological polar surface area (TPSA) is 85.4 Å². The Morgan fingerprint density at radius 1 is 1.33 bits per heavy atom. The molecule has 3 rings (SSSR count). The zero-order valence-electron chi connectivity index (χ0n) is 15.7.